The SMILES string of the molecule is CN(C)CCN1CC2(C(=O)Nc3nc4c(Cl)cc(F)cc4s3)CCC1CC2. The van der Waals surface area contributed by atoms with Gasteiger partial charge in [0.05, 0.1) is 15.1 Å². The molecule has 3 aliphatic rings. The van der Waals surface area contributed by atoms with Crippen LogP contribution in [0.2, 0.25) is 5.02 Å². The number of hydrogen-bond acceptors (Lipinski definition) is 5. The van der Waals surface area contributed by atoms with Crippen molar-refractivity contribution in [3.05, 3.63) is 23.0 Å². The molecule has 0 spiro atoms. The van der Waals surface area contributed by atoms with Crippen LogP contribution in [0.15, 0.2) is 12.1 Å². The maximum atomic E-state index is 13.6. The van der Waals surface area contributed by atoms with Crippen molar-refractivity contribution >= 4 is 44.2 Å². The van der Waals surface area contributed by atoms with Crippen LogP contribution >= 0.6 is 22.9 Å². The maximum absolute atomic E-state index is 13.6. The highest BCUT2D eigenvalue weighted by Gasteiger charge is 2.49. The average molecular weight is 411 g/mol. The number of likely N-dealkylation sites (N-methyl/N-ethyl adjacent to an activating group) is 1. The molecule has 2 aliphatic heterocycles. The van der Waals surface area contributed by atoms with E-state index >= 15 is 0 Å². The van der Waals surface area contributed by atoms with Crippen molar-refractivity contribution in [3.8, 4) is 0 Å². The smallest absolute Gasteiger partial charge is 0.233 e. The van der Waals surface area contributed by atoms with E-state index in [9.17, 15) is 9.18 Å². The van der Waals surface area contributed by atoms with Gasteiger partial charge in [-0.15, -0.1) is 0 Å². The molecular formula is C19H24ClFN4OS. The van der Waals surface area contributed by atoms with Crippen LogP contribution in [0.1, 0.15) is 25.7 Å². The number of thiazole rings is 1. The summed E-state index contributed by atoms with van der Waals surface area (Å²) in [5.41, 5.74) is 0.185. The molecule has 27 heavy (non-hydrogen) atoms. The van der Waals surface area contributed by atoms with Gasteiger partial charge in [0.25, 0.3) is 0 Å². The fourth-order valence-corrected chi connectivity index (χ4v) is 5.54. The number of aromatic nitrogens is 1. The first kappa shape index (κ1) is 19.1. The van der Waals surface area contributed by atoms with E-state index in [0.717, 1.165) is 45.3 Å². The van der Waals surface area contributed by atoms with Crippen LogP contribution in [-0.2, 0) is 4.79 Å². The fourth-order valence-electron chi connectivity index (χ4n) is 4.33. The number of rotatable bonds is 5. The van der Waals surface area contributed by atoms with Gasteiger partial charge in [-0.1, -0.05) is 22.9 Å². The Morgan fingerprint density at radius 3 is 2.89 bits per heavy atom. The number of halogens is 2. The molecule has 1 saturated carbocycles. The van der Waals surface area contributed by atoms with Gasteiger partial charge in [-0.05, 0) is 51.9 Å². The van der Waals surface area contributed by atoms with Crippen LogP contribution in [-0.4, -0.2) is 60.5 Å². The Kier molecular flexibility index (Phi) is 5.14. The lowest BCUT2D eigenvalue weighted by atomic mass is 9.67. The summed E-state index contributed by atoms with van der Waals surface area (Å²) in [6.07, 6.45) is 3.97. The molecule has 1 amide bonds. The molecule has 1 N–H and O–H groups in total. The average Bonchev–Trinajstić information content (AvgIpc) is 3.03. The Hall–Kier alpha value is -1.28. The Morgan fingerprint density at radius 2 is 2.19 bits per heavy atom. The van der Waals surface area contributed by atoms with Gasteiger partial charge in [0.1, 0.15) is 11.3 Å². The molecule has 2 aromatic rings. The van der Waals surface area contributed by atoms with Crippen molar-refractivity contribution in [1.29, 1.82) is 0 Å². The molecule has 2 saturated heterocycles. The molecule has 1 aliphatic carbocycles. The van der Waals surface area contributed by atoms with Crippen molar-refractivity contribution in [3.63, 3.8) is 0 Å². The highest BCUT2D eigenvalue weighted by Crippen LogP contribution is 2.45. The van der Waals surface area contributed by atoms with Crippen molar-refractivity contribution in [2.24, 2.45) is 5.41 Å². The standard InChI is InChI=1S/C19H24ClFN4OS/c1-24(2)7-8-25-11-19(5-3-13(25)4-6-19)17(26)23-18-22-16-14(20)9-12(21)10-15(16)27-18/h9-10,13H,3-8,11H2,1-2H3,(H,22,23,26). The van der Waals surface area contributed by atoms with Gasteiger partial charge >= 0.3 is 0 Å². The van der Waals surface area contributed by atoms with Gasteiger partial charge in [-0.3, -0.25) is 9.69 Å². The molecule has 3 heterocycles. The minimum Gasteiger partial charge on any atom is -0.308 e. The molecule has 0 unspecified atom stereocenters. The zero-order chi connectivity index (χ0) is 19.2. The second kappa shape index (κ2) is 7.28. The first-order valence-corrected chi connectivity index (χ1v) is 10.5. The molecule has 146 valence electrons. The van der Waals surface area contributed by atoms with E-state index in [0.29, 0.717) is 21.4 Å². The topological polar surface area (TPSA) is 48.5 Å². The number of nitrogens with one attached hydrogen (secondary N) is 1. The van der Waals surface area contributed by atoms with Crippen LogP contribution in [0.5, 0.6) is 0 Å². The summed E-state index contributed by atoms with van der Waals surface area (Å²) < 4.78 is 14.2. The lowest BCUT2D eigenvalue weighted by Gasteiger charge is -2.51. The number of anilines is 1. The summed E-state index contributed by atoms with van der Waals surface area (Å²) in [6, 6.07) is 3.25. The van der Waals surface area contributed by atoms with Crippen molar-refractivity contribution in [2.45, 2.75) is 31.7 Å². The van der Waals surface area contributed by atoms with E-state index in [1.807, 2.05) is 0 Å². The third-order valence-electron chi connectivity index (χ3n) is 5.88. The van der Waals surface area contributed by atoms with Crippen LogP contribution < -0.4 is 5.32 Å². The van der Waals surface area contributed by atoms with Crippen molar-refractivity contribution < 1.29 is 9.18 Å². The number of carbonyl (C=O) groups excluding carboxylic acids is 1. The second-order valence-electron chi connectivity index (χ2n) is 7.99. The second-order valence-corrected chi connectivity index (χ2v) is 9.43. The molecular weight excluding hydrogens is 387 g/mol. The van der Waals surface area contributed by atoms with Gasteiger partial charge in [0, 0.05) is 25.7 Å². The minimum absolute atomic E-state index is 0.0335. The van der Waals surface area contributed by atoms with E-state index in [4.69, 9.17) is 11.6 Å². The van der Waals surface area contributed by atoms with E-state index < -0.39 is 5.82 Å². The van der Waals surface area contributed by atoms with Crippen molar-refractivity contribution in [1.82, 2.24) is 14.8 Å². The van der Waals surface area contributed by atoms with E-state index in [1.54, 1.807) is 0 Å². The Bertz CT molecular complexity index is 863. The van der Waals surface area contributed by atoms with Crippen LogP contribution in [0.3, 0.4) is 0 Å². The number of carbonyl (C=O) groups is 1. The highest BCUT2D eigenvalue weighted by atomic mass is 35.5. The number of fused-ring (bicyclic) bond motifs is 4. The third-order valence-corrected chi connectivity index (χ3v) is 7.09. The molecule has 0 radical (unpaired) electrons. The lowest BCUT2D eigenvalue weighted by molar-refractivity contribution is -0.135. The maximum Gasteiger partial charge on any atom is 0.233 e. The van der Waals surface area contributed by atoms with Gasteiger partial charge in [0.2, 0.25) is 5.91 Å². The Morgan fingerprint density at radius 1 is 1.44 bits per heavy atom. The number of hydrogen-bond donors (Lipinski definition) is 1. The summed E-state index contributed by atoms with van der Waals surface area (Å²) in [5.74, 6) is -0.360. The monoisotopic (exact) mass is 410 g/mol. The molecule has 8 heteroatoms. The predicted molar refractivity (Wildman–Crippen MR) is 108 cm³/mol. The first-order valence-electron chi connectivity index (χ1n) is 9.32. The zero-order valence-electron chi connectivity index (χ0n) is 15.6. The molecule has 0 atom stereocenters. The Labute approximate surface area is 167 Å². The number of amides is 1. The first-order chi connectivity index (χ1) is 12.9. The molecule has 3 fully saturated rings. The third kappa shape index (κ3) is 3.70. The van der Waals surface area contributed by atoms with Crippen molar-refractivity contribution in [2.75, 3.05) is 39.0 Å². The van der Waals surface area contributed by atoms with E-state index in [-0.39, 0.29) is 16.3 Å². The van der Waals surface area contributed by atoms with Gasteiger partial charge in [-0.25, -0.2) is 9.37 Å². The van der Waals surface area contributed by atoms with Crippen LogP contribution in [0.4, 0.5) is 9.52 Å². The molecule has 2 bridgehead atoms. The van der Waals surface area contributed by atoms with E-state index in [2.05, 4.69) is 34.2 Å². The summed E-state index contributed by atoms with van der Waals surface area (Å²) in [6.45, 7) is 2.79. The number of benzene rings is 1. The van der Waals surface area contributed by atoms with Crippen LogP contribution in [0, 0.1) is 11.2 Å². The molecule has 5 rings (SSSR count). The van der Waals surface area contributed by atoms with Crippen LogP contribution in [0.25, 0.3) is 10.2 Å². The Balaban J connectivity index is 1.51. The van der Waals surface area contributed by atoms with E-state index in [1.165, 1.54) is 23.5 Å². The minimum atomic E-state index is -0.394. The molecule has 5 nitrogen and oxygen atoms in total. The highest BCUT2D eigenvalue weighted by molar-refractivity contribution is 7.22. The quantitative estimate of drug-likeness (QED) is 0.813. The van der Waals surface area contributed by atoms with Gasteiger partial charge in [0.15, 0.2) is 5.13 Å². The van der Waals surface area contributed by atoms with Gasteiger partial charge < -0.3 is 10.2 Å². The zero-order valence-corrected chi connectivity index (χ0v) is 17.2. The lowest BCUT2D eigenvalue weighted by Crippen LogP contribution is -2.59. The fraction of sp³-hybridized carbons (Fsp3) is 0.579. The molecule has 1 aromatic heterocycles. The summed E-state index contributed by atoms with van der Waals surface area (Å²) in [7, 11) is 4.15. The predicted octanol–water partition coefficient (Wildman–Crippen LogP) is 3.83. The normalized spacial score (nSPS) is 25.4. The largest absolute Gasteiger partial charge is 0.308 e. The summed E-state index contributed by atoms with van der Waals surface area (Å²) in [4.78, 5) is 22.2. The summed E-state index contributed by atoms with van der Waals surface area (Å²) >= 11 is 7.35. The molecule has 1 aromatic carbocycles. The summed E-state index contributed by atoms with van der Waals surface area (Å²) in [5, 5.41) is 3.76. The number of piperidine rings is 2. The number of nitrogens with zero attached hydrogens (tertiary/aromatic N) is 3. The van der Waals surface area contributed by atoms with Gasteiger partial charge in [-0.2, -0.15) is 0 Å².